The number of aliphatic hydroxyl groups is 1. The third-order valence-electron chi connectivity index (χ3n) is 3.32. The van der Waals surface area contributed by atoms with Crippen molar-refractivity contribution in [3.8, 4) is 0 Å². The number of benzene rings is 1. The minimum Gasteiger partial charge on any atom is -0.391 e. The second-order valence-electron chi connectivity index (χ2n) is 4.68. The van der Waals surface area contributed by atoms with Crippen molar-refractivity contribution in [2.45, 2.75) is 44.8 Å². The maximum Gasteiger partial charge on any atom is 0.0741 e. The summed E-state index contributed by atoms with van der Waals surface area (Å²) in [7, 11) is 0. The van der Waals surface area contributed by atoms with E-state index in [1.807, 2.05) is 19.1 Å². The van der Waals surface area contributed by atoms with Gasteiger partial charge in [-0.2, -0.15) is 0 Å². The fraction of sp³-hybridized carbons (Fsp3) is 0.538. The fourth-order valence-electron chi connectivity index (χ4n) is 2.24. The predicted octanol–water partition coefficient (Wildman–Crippen LogP) is 4.02. The summed E-state index contributed by atoms with van der Waals surface area (Å²) in [4.78, 5) is 0. The van der Waals surface area contributed by atoms with Crippen molar-refractivity contribution < 1.29 is 5.11 Å². The molecule has 0 unspecified atom stereocenters. The van der Waals surface area contributed by atoms with Crippen LogP contribution in [0.3, 0.4) is 0 Å². The Labute approximate surface area is 112 Å². The number of hydrogen-bond acceptors (Lipinski definition) is 2. The molecule has 0 bridgehead atoms. The molecule has 1 aliphatic rings. The lowest BCUT2D eigenvalue weighted by Gasteiger charge is -2.29. The van der Waals surface area contributed by atoms with Crippen molar-refractivity contribution in [1.82, 2.24) is 0 Å². The molecular weight excluding hydrogens is 257 g/mol. The first-order valence-electron chi connectivity index (χ1n) is 5.98. The average molecular weight is 274 g/mol. The van der Waals surface area contributed by atoms with Crippen LogP contribution in [-0.4, -0.2) is 17.3 Å². The van der Waals surface area contributed by atoms with E-state index in [4.69, 9.17) is 23.2 Å². The molecule has 4 heteroatoms. The monoisotopic (exact) mass is 273 g/mol. The summed E-state index contributed by atoms with van der Waals surface area (Å²) in [6.45, 7) is 1.92. The number of aryl methyl sites for hydroxylation is 1. The molecule has 17 heavy (non-hydrogen) atoms. The number of rotatable bonds is 2. The minimum atomic E-state index is -0.292. The van der Waals surface area contributed by atoms with Gasteiger partial charge in [-0.15, -0.1) is 0 Å². The van der Waals surface area contributed by atoms with Gasteiger partial charge in [0.05, 0.1) is 22.9 Å². The summed E-state index contributed by atoms with van der Waals surface area (Å²) in [6, 6.07) is 3.77. The van der Waals surface area contributed by atoms with Crippen molar-refractivity contribution in [3.05, 3.63) is 27.7 Å². The van der Waals surface area contributed by atoms with Gasteiger partial charge < -0.3 is 10.4 Å². The first kappa shape index (κ1) is 13.0. The standard InChI is InChI=1S/C13H17Cl2NO/c1-8-6-10(15)12(7-9(8)14)16-11-4-2-3-5-13(11)17/h6-7,11,13,16-17H,2-5H2,1H3/t11-,13-/m0/s1. The van der Waals surface area contributed by atoms with Crippen LogP contribution in [0.25, 0.3) is 0 Å². The molecule has 94 valence electrons. The van der Waals surface area contributed by atoms with Gasteiger partial charge in [0.1, 0.15) is 0 Å². The molecule has 1 saturated carbocycles. The Morgan fingerprint density at radius 1 is 1.18 bits per heavy atom. The highest BCUT2D eigenvalue weighted by atomic mass is 35.5. The Hall–Kier alpha value is -0.440. The largest absolute Gasteiger partial charge is 0.391 e. The third-order valence-corrected chi connectivity index (χ3v) is 4.04. The van der Waals surface area contributed by atoms with Gasteiger partial charge in [-0.05, 0) is 37.5 Å². The zero-order valence-electron chi connectivity index (χ0n) is 9.84. The molecule has 0 saturated heterocycles. The Balaban J connectivity index is 2.15. The van der Waals surface area contributed by atoms with Crippen LogP contribution in [-0.2, 0) is 0 Å². The lowest BCUT2D eigenvalue weighted by Crippen LogP contribution is -2.36. The summed E-state index contributed by atoms with van der Waals surface area (Å²) in [6.07, 6.45) is 3.78. The lowest BCUT2D eigenvalue weighted by atomic mass is 9.92. The van der Waals surface area contributed by atoms with Crippen LogP contribution in [0.4, 0.5) is 5.69 Å². The maximum atomic E-state index is 9.91. The maximum absolute atomic E-state index is 9.91. The molecule has 1 aromatic carbocycles. The van der Waals surface area contributed by atoms with E-state index in [1.165, 1.54) is 0 Å². The van der Waals surface area contributed by atoms with E-state index in [0.717, 1.165) is 36.9 Å². The molecule has 0 aliphatic heterocycles. The van der Waals surface area contributed by atoms with E-state index in [0.29, 0.717) is 10.0 Å². The topological polar surface area (TPSA) is 32.3 Å². The number of aliphatic hydroxyl groups excluding tert-OH is 1. The van der Waals surface area contributed by atoms with Crippen LogP contribution in [0.2, 0.25) is 10.0 Å². The zero-order valence-corrected chi connectivity index (χ0v) is 11.4. The second kappa shape index (κ2) is 5.47. The number of nitrogens with one attached hydrogen (secondary N) is 1. The molecule has 2 atom stereocenters. The van der Waals surface area contributed by atoms with Crippen molar-refractivity contribution >= 4 is 28.9 Å². The van der Waals surface area contributed by atoms with Crippen LogP contribution in [0.1, 0.15) is 31.2 Å². The third kappa shape index (κ3) is 3.06. The minimum absolute atomic E-state index is 0.0834. The van der Waals surface area contributed by atoms with Crippen LogP contribution in [0, 0.1) is 6.92 Å². The molecule has 1 aromatic rings. The smallest absolute Gasteiger partial charge is 0.0741 e. The van der Waals surface area contributed by atoms with Gasteiger partial charge in [-0.25, -0.2) is 0 Å². The van der Waals surface area contributed by atoms with Gasteiger partial charge in [-0.1, -0.05) is 36.0 Å². The van der Waals surface area contributed by atoms with Crippen LogP contribution >= 0.6 is 23.2 Å². The normalized spacial score (nSPS) is 24.7. The highest BCUT2D eigenvalue weighted by Crippen LogP contribution is 2.31. The molecule has 2 rings (SSSR count). The molecule has 0 radical (unpaired) electrons. The number of hydrogen-bond donors (Lipinski definition) is 2. The van der Waals surface area contributed by atoms with E-state index in [1.54, 1.807) is 0 Å². The van der Waals surface area contributed by atoms with E-state index in [2.05, 4.69) is 5.32 Å². The van der Waals surface area contributed by atoms with E-state index in [-0.39, 0.29) is 12.1 Å². The van der Waals surface area contributed by atoms with Gasteiger partial charge in [0.15, 0.2) is 0 Å². The van der Waals surface area contributed by atoms with Crippen LogP contribution < -0.4 is 5.32 Å². The second-order valence-corrected chi connectivity index (χ2v) is 5.50. The van der Waals surface area contributed by atoms with E-state index in [9.17, 15) is 5.11 Å². The molecule has 2 nitrogen and oxygen atoms in total. The first-order valence-corrected chi connectivity index (χ1v) is 6.74. The molecule has 0 spiro atoms. The molecule has 0 amide bonds. The summed E-state index contributed by atoms with van der Waals surface area (Å²) < 4.78 is 0. The Bertz CT molecular complexity index is 409. The summed E-state index contributed by atoms with van der Waals surface area (Å²) in [5.41, 5.74) is 1.78. The molecule has 1 aliphatic carbocycles. The van der Waals surface area contributed by atoms with Gasteiger partial charge in [0, 0.05) is 5.02 Å². The highest BCUT2D eigenvalue weighted by molar-refractivity contribution is 6.35. The Morgan fingerprint density at radius 3 is 2.59 bits per heavy atom. The predicted molar refractivity (Wildman–Crippen MR) is 73.1 cm³/mol. The van der Waals surface area contributed by atoms with Gasteiger partial charge in [0.25, 0.3) is 0 Å². The quantitative estimate of drug-likeness (QED) is 0.853. The van der Waals surface area contributed by atoms with Crippen LogP contribution in [0.5, 0.6) is 0 Å². The SMILES string of the molecule is Cc1cc(Cl)c(N[C@H]2CCCC[C@@H]2O)cc1Cl. The highest BCUT2D eigenvalue weighted by Gasteiger charge is 2.23. The molecular formula is C13H17Cl2NO. The summed E-state index contributed by atoms with van der Waals surface area (Å²) in [5, 5.41) is 14.6. The summed E-state index contributed by atoms with van der Waals surface area (Å²) >= 11 is 12.2. The molecule has 1 fully saturated rings. The summed E-state index contributed by atoms with van der Waals surface area (Å²) in [5.74, 6) is 0. The van der Waals surface area contributed by atoms with Crippen molar-refractivity contribution in [2.24, 2.45) is 0 Å². The molecule has 2 N–H and O–H groups in total. The van der Waals surface area contributed by atoms with Crippen molar-refractivity contribution in [1.29, 1.82) is 0 Å². The zero-order chi connectivity index (χ0) is 12.4. The average Bonchev–Trinajstić information content (AvgIpc) is 2.29. The van der Waals surface area contributed by atoms with Crippen LogP contribution in [0.15, 0.2) is 12.1 Å². The fourth-order valence-corrected chi connectivity index (χ4v) is 2.67. The van der Waals surface area contributed by atoms with Gasteiger partial charge in [-0.3, -0.25) is 0 Å². The van der Waals surface area contributed by atoms with E-state index < -0.39 is 0 Å². The van der Waals surface area contributed by atoms with E-state index >= 15 is 0 Å². The number of anilines is 1. The Morgan fingerprint density at radius 2 is 1.88 bits per heavy atom. The lowest BCUT2D eigenvalue weighted by molar-refractivity contribution is 0.116. The van der Waals surface area contributed by atoms with Gasteiger partial charge >= 0.3 is 0 Å². The molecule has 0 aromatic heterocycles. The first-order chi connectivity index (χ1) is 8.08. The van der Waals surface area contributed by atoms with Crippen molar-refractivity contribution in [2.75, 3.05) is 5.32 Å². The Kier molecular flexibility index (Phi) is 4.18. The van der Waals surface area contributed by atoms with Crippen molar-refractivity contribution in [3.63, 3.8) is 0 Å². The number of halogens is 2. The van der Waals surface area contributed by atoms with Gasteiger partial charge in [0.2, 0.25) is 0 Å². The molecule has 0 heterocycles.